The van der Waals surface area contributed by atoms with E-state index in [1.165, 1.54) is 0 Å². The molecule has 0 aromatic heterocycles. The highest BCUT2D eigenvalue weighted by Gasteiger charge is 2.02. The van der Waals surface area contributed by atoms with Gasteiger partial charge in [0.05, 0.1) is 4.47 Å². The Balaban J connectivity index is 1.83. The third-order valence-electron chi connectivity index (χ3n) is 2.44. The first-order valence-electron chi connectivity index (χ1n) is 5.73. The number of hydrogen-bond donors (Lipinski definition) is 1. The van der Waals surface area contributed by atoms with Gasteiger partial charge in [0.2, 0.25) is 0 Å². The number of halogens is 3. The molecule has 0 aliphatic carbocycles. The average Bonchev–Trinajstić information content (AvgIpc) is 2.38. The van der Waals surface area contributed by atoms with Crippen molar-refractivity contribution in [3.63, 3.8) is 0 Å². The van der Waals surface area contributed by atoms with Gasteiger partial charge in [-0.3, -0.25) is 0 Å². The van der Waals surface area contributed by atoms with Gasteiger partial charge >= 0.3 is 0 Å². The van der Waals surface area contributed by atoms with E-state index in [1.807, 2.05) is 42.5 Å². The highest BCUT2D eigenvalue weighted by Crippen LogP contribution is 2.28. The molecule has 1 N–H and O–H groups in total. The molecule has 0 heterocycles. The molecule has 2 nitrogen and oxygen atoms in total. The Morgan fingerprint density at radius 3 is 2.47 bits per heavy atom. The van der Waals surface area contributed by atoms with E-state index in [4.69, 9.17) is 4.74 Å². The molecule has 0 spiro atoms. The molecule has 0 fully saturated rings. The molecule has 0 atom stereocenters. The summed E-state index contributed by atoms with van der Waals surface area (Å²) in [7, 11) is 0. The third-order valence-corrected chi connectivity index (χ3v) is 4.25. The lowest BCUT2D eigenvalue weighted by atomic mass is 10.3. The van der Waals surface area contributed by atoms with Crippen LogP contribution in [0.25, 0.3) is 0 Å². The highest BCUT2D eigenvalue weighted by molar-refractivity contribution is 9.11. The summed E-state index contributed by atoms with van der Waals surface area (Å²) >= 11 is 10.4. The first-order valence-corrected chi connectivity index (χ1v) is 8.11. The second kappa shape index (κ2) is 7.31. The summed E-state index contributed by atoms with van der Waals surface area (Å²) in [5, 5.41) is 3.32. The van der Waals surface area contributed by atoms with Crippen LogP contribution in [0.15, 0.2) is 55.9 Å². The van der Waals surface area contributed by atoms with E-state index in [0.717, 1.165) is 31.4 Å². The van der Waals surface area contributed by atoms with Crippen molar-refractivity contribution in [1.82, 2.24) is 0 Å². The van der Waals surface area contributed by atoms with Crippen LogP contribution < -0.4 is 10.1 Å². The van der Waals surface area contributed by atoms with Crippen molar-refractivity contribution in [3.05, 3.63) is 55.9 Å². The summed E-state index contributed by atoms with van der Waals surface area (Å²) in [5.41, 5.74) is 1.07. The topological polar surface area (TPSA) is 21.3 Å². The maximum atomic E-state index is 5.71. The Hall–Kier alpha value is -0.520. The van der Waals surface area contributed by atoms with Crippen LogP contribution >= 0.6 is 47.8 Å². The molecule has 0 saturated carbocycles. The summed E-state index contributed by atoms with van der Waals surface area (Å²) in [4.78, 5) is 0. The van der Waals surface area contributed by atoms with Crippen LogP contribution in [0.3, 0.4) is 0 Å². The number of hydrogen-bond acceptors (Lipinski definition) is 2. The SMILES string of the molecule is Brc1ccc(OCCNc2ccccc2Br)c(Br)c1. The number of ether oxygens (including phenoxy) is 1. The molecule has 2 aromatic rings. The van der Waals surface area contributed by atoms with Gasteiger partial charge in [-0.1, -0.05) is 28.1 Å². The smallest absolute Gasteiger partial charge is 0.133 e. The second-order valence-corrected chi connectivity index (χ2v) is 6.45. The van der Waals surface area contributed by atoms with Crippen molar-refractivity contribution in [2.45, 2.75) is 0 Å². The number of anilines is 1. The summed E-state index contributed by atoms with van der Waals surface area (Å²) in [6, 6.07) is 13.9. The molecule has 2 aromatic carbocycles. The van der Waals surface area contributed by atoms with Crippen molar-refractivity contribution in [1.29, 1.82) is 0 Å². The van der Waals surface area contributed by atoms with Crippen LogP contribution in [-0.2, 0) is 0 Å². The van der Waals surface area contributed by atoms with Gasteiger partial charge < -0.3 is 10.1 Å². The van der Waals surface area contributed by atoms with Crippen LogP contribution in [0.2, 0.25) is 0 Å². The molecule has 0 saturated heterocycles. The Kier molecular flexibility index (Phi) is 5.73. The van der Waals surface area contributed by atoms with Gasteiger partial charge in [-0.25, -0.2) is 0 Å². The van der Waals surface area contributed by atoms with Gasteiger partial charge in [-0.05, 0) is 62.2 Å². The number of rotatable bonds is 5. The van der Waals surface area contributed by atoms with Crippen molar-refractivity contribution in [2.24, 2.45) is 0 Å². The maximum Gasteiger partial charge on any atom is 0.133 e. The van der Waals surface area contributed by atoms with Crippen molar-refractivity contribution < 1.29 is 4.74 Å². The summed E-state index contributed by atoms with van der Waals surface area (Å²) in [6.45, 7) is 1.34. The number of nitrogens with one attached hydrogen (secondary N) is 1. The van der Waals surface area contributed by atoms with Gasteiger partial charge in [0.15, 0.2) is 0 Å². The predicted molar refractivity (Wildman–Crippen MR) is 90.0 cm³/mol. The highest BCUT2D eigenvalue weighted by atomic mass is 79.9. The molecule has 0 aliphatic rings. The lowest BCUT2D eigenvalue weighted by molar-refractivity contribution is 0.331. The molecule has 0 radical (unpaired) electrons. The molecular formula is C14H12Br3NO. The Morgan fingerprint density at radius 1 is 0.947 bits per heavy atom. The number of para-hydroxylation sites is 1. The summed E-state index contributed by atoms with van der Waals surface area (Å²) < 4.78 is 8.74. The molecule has 5 heteroatoms. The lowest BCUT2D eigenvalue weighted by Gasteiger charge is -2.11. The zero-order valence-corrected chi connectivity index (χ0v) is 14.8. The lowest BCUT2D eigenvalue weighted by Crippen LogP contribution is -2.11. The van der Waals surface area contributed by atoms with Crippen molar-refractivity contribution in [3.8, 4) is 5.75 Å². The number of benzene rings is 2. The van der Waals surface area contributed by atoms with Gasteiger partial charge in [0.1, 0.15) is 12.4 Å². The van der Waals surface area contributed by atoms with Crippen molar-refractivity contribution >= 4 is 53.5 Å². The van der Waals surface area contributed by atoms with E-state index in [9.17, 15) is 0 Å². The summed E-state index contributed by atoms with van der Waals surface area (Å²) in [6.07, 6.45) is 0. The Morgan fingerprint density at radius 2 is 1.74 bits per heavy atom. The van der Waals surface area contributed by atoms with Crippen molar-refractivity contribution in [2.75, 3.05) is 18.5 Å². The summed E-state index contributed by atoms with van der Waals surface area (Å²) in [5.74, 6) is 0.845. The Labute approximate surface area is 137 Å². The molecule has 100 valence electrons. The maximum absolute atomic E-state index is 5.71. The molecule has 0 unspecified atom stereocenters. The molecule has 0 aliphatic heterocycles. The standard InChI is InChI=1S/C14H12Br3NO/c15-10-5-6-14(12(17)9-10)19-8-7-18-13-4-2-1-3-11(13)16/h1-6,9,18H,7-8H2. The van der Waals surface area contributed by atoms with E-state index < -0.39 is 0 Å². The quantitative estimate of drug-likeness (QED) is 0.611. The zero-order valence-electron chi connectivity index (χ0n) is 10.00. The van der Waals surface area contributed by atoms with Gasteiger partial charge in [-0.2, -0.15) is 0 Å². The predicted octanol–water partition coefficient (Wildman–Crippen LogP) is 5.47. The van der Waals surface area contributed by atoms with E-state index in [0.29, 0.717) is 6.61 Å². The van der Waals surface area contributed by atoms with Gasteiger partial charge in [-0.15, -0.1) is 0 Å². The minimum Gasteiger partial charge on any atom is -0.491 e. The Bertz CT molecular complexity index is 560. The average molecular weight is 450 g/mol. The molecule has 0 bridgehead atoms. The largest absolute Gasteiger partial charge is 0.491 e. The van der Waals surface area contributed by atoms with Crippen LogP contribution in [0, 0.1) is 0 Å². The molecule has 19 heavy (non-hydrogen) atoms. The van der Waals surface area contributed by atoms with Crippen LogP contribution in [0.5, 0.6) is 5.75 Å². The molecule has 2 rings (SSSR count). The van der Waals surface area contributed by atoms with Crippen LogP contribution in [0.4, 0.5) is 5.69 Å². The minimum absolute atomic E-state index is 0.599. The van der Waals surface area contributed by atoms with E-state index in [-0.39, 0.29) is 0 Å². The fourth-order valence-corrected chi connectivity index (χ4v) is 3.13. The minimum atomic E-state index is 0.599. The zero-order chi connectivity index (χ0) is 13.7. The second-order valence-electron chi connectivity index (χ2n) is 3.83. The van der Waals surface area contributed by atoms with Crippen LogP contribution in [-0.4, -0.2) is 13.2 Å². The normalized spacial score (nSPS) is 10.3. The van der Waals surface area contributed by atoms with E-state index in [2.05, 4.69) is 53.1 Å². The first kappa shape index (κ1) is 14.9. The monoisotopic (exact) mass is 447 g/mol. The first-order chi connectivity index (χ1) is 9.16. The van der Waals surface area contributed by atoms with Crippen LogP contribution in [0.1, 0.15) is 0 Å². The fraction of sp³-hybridized carbons (Fsp3) is 0.143. The third kappa shape index (κ3) is 4.51. The van der Waals surface area contributed by atoms with Gasteiger partial charge in [0, 0.05) is 21.2 Å². The molecular weight excluding hydrogens is 438 g/mol. The van der Waals surface area contributed by atoms with E-state index >= 15 is 0 Å². The van der Waals surface area contributed by atoms with Gasteiger partial charge in [0.25, 0.3) is 0 Å². The molecule has 0 amide bonds. The van der Waals surface area contributed by atoms with E-state index in [1.54, 1.807) is 0 Å². The fourth-order valence-electron chi connectivity index (χ4n) is 1.54.